The molecule has 2 aromatic carbocycles. The number of para-hydroxylation sites is 1. The molecule has 0 atom stereocenters. The van der Waals surface area contributed by atoms with Crippen LogP contribution in [0.3, 0.4) is 0 Å². The Bertz CT molecular complexity index is 896. The predicted molar refractivity (Wildman–Crippen MR) is 92.9 cm³/mol. The van der Waals surface area contributed by atoms with Crippen molar-refractivity contribution in [3.8, 4) is 0 Å². The van der Waals surface area contributed by atoms with Crippen LogP contribution in [0.2, 0.25) is 0 Å². The molecule has 0 spiro atoms. The van der Waals surface area contributed by atoms with Crippen molar-refractivity contribution in [2.75, 3.05) is 18.4 Å². The second-order valence-electron chi connectivity index (χ2n) is 6.09. The summed E-state index contributed by atoms with van der Waals surface area (Å²) in [5, 5.41) is 2.80. The number of hydrogen-bond donors (Lipinski definition) is 1. The maximum absolute atomic E-state index is 13.9. The Hall–Kier alpha value is -2.32. The summed E-state index contributed by atoms with van der Waals surface area (Å²) in [4.78, 5) is 11.6. The monoisotopic (exact) mass is 380 g/mol. The molecule has 8 heteroatoms. The van der Waals surface area contributed by atoms with Crippen LogP contribution in [-0.4, -0.2) is 31.7 Å². The molecule has 0 radical (unpaired) electrons. The number of halogens is 2. The van der Waals surface area contributed by atoms with Gasteiger partial charge in [-0.15, -0.1) is 0 Å². The van der Waals surface area contributed by atoms with Crippen molar-refractivity contribution in [2.24, 2.45) is 5.92 Å². The molecule has 2 aromatic rings. The molecular formula is C18H18F2N2O3S. The fourth-order valence-corrected chi connectivity index (χ4v) is 4.49. The molecule has 0 aromatic heterocycles. The largest absolute Gasteiger partial charge is 0.326 e. The number of sulfonamides is 1. The van der Waals surface area contributed by atoms with Crippen LogP contribution >= 0.6 is 0 Å². The highest BCUT2D eigenvalue weighted by Crippen LogP contribution is 2.27. The molecule has 0 aliphatic carbocycles. The second-order valence-corrected chi connectivity index (χ2v) is 7.99. The van der Waals surface area contributed by atoms with Crippen molar-refractivity contribution in [3.63, 3.8) is 0 Å². The van der Waals surface area contributed by atoms with E-state index in [0.717, 1.165) is 22.5 Å². The van der Waals surface area contributed by atoms with Crippen molar-refractivity contribution < 1.29 is 22.0 Å². The first kappa shape index (κ1) is 18.5. The van der Waals surface area contributed by atoms with Gasteiger partial charge in [0.1, 0.15) is 4.90 Å². The van der Waals surface area contributed by atoms with E-state index in [1.807, 2.05) is 6.07 Å². The SMILES string of the molecule is O=C(Nc1ccccc1)C1CCN(S(=O)(=O)c2cccc(F)c2F)CC1. The molecule has 1 aliphatic rings. The molecule has 1 N–H and O–H groups in total. The number of nitrogens with zero attached hydrogens (tertiary/aromatic N) is 1. The molecule has 26 heavy (non-hydrogen) atoms. The Morgan fingerprint density at radius 2 is 1.65 bits per heavy atom. The van der Waals surface area contributed by atoms with Gasteiger partial charge in [-0.25, -0.2) is 17.2 Å². The van der Waals surface area contributed by atoms with E-state index in [2.05, 4.69) is 5.32 Å². The number of anilines is 1. The smallest absolute Gasteiger partial charge is 0.246 e. The summed E-state index contributed by atoms with van der Waals surface area (Å²) in [6.45, 7) is 0.149. The van der Waals surface area contributed by atoms with Gasteiger partial charge in [0.15, 0.2) is 11.6 Å². The van der Waals surface area contributed by atoms with Gasteiger partial charge in [0, 0.05) is 24.7 Å². The Morgan fingerprint density at radius 1 is 1.00 bits per heavy atom. The lowest BCUT2D eigenvalue weighted by Crippen LogP contribution is -2.41. The van der Waals surface area contributed by atoms with E-state index < -0.39 is 26.6 Å². The van der Waals surface area contributed by atoms with Crippen LogP contribution in [-0.2, 0) is 14.8 Å². The topological polar surface area (TPSA) is 66.5 Å². The normalized spacial score (nSPS) is 16.4. The standard InChI is InChI=1S/C18H18F2N2O3S/c19-15-7-4-8-16(17(15)20)26(24,25)22-11-9-13(10-12-22)18(23)21-14-5-2-1-3-6-14/h1-8,13H,9-12H2,(H,21,23). The van der Waals surface area contributed by atoms with E-state index in [-0.39, 0.29) is 24.9 Å². The van der Waals surface area contributed by atoms with Crippen LogP contribution in [0.5, 0.6) is 0 Å². The fraction of sp³-hybridized carbons (Fsp3) is 0.278. The van der Waals surface area contributed by atoms with E-state index >= 15 is 0 Å². The van der Waals surface area contributed by atoms with Crippen LogP contribution in [0.1, 0.15) is 12.8 Å². The average molecular weight is 380 g/mol. The van der Waals surface area contributed by atoms with Crippen molar-refractivity contribution in [1.29, 1.82) is 0 Å². The first-order valence-corrected chi connectivity index (χ1v) is 9.63. The van der Waals surface area contributed by atoms with Crippen molar-refractivity contribution >= 4 is 21.6 Å². The second kappa shape index (κ2) is 7.51. The zero-order valence-corrected chi connectivity index (χ0v) is 14.7. The first-order chi connectivity index (χ1) is 12.4. The number of hydrogen-bond acceptors (Lipinski definition) is 3. The van der Waals surface area contributed by atoms with Crippen LogP contribution in [0.25, 0.3) is 0 Å². The number of rotatable bonds is 4. The molecule has 1 aliphatic heterocycles. The van der Waals surface area contributed by atoms with Crippen molar-refractivity contribution in [3.05, 3.63) is 60.2 Å². The third-order valence-electron chi connectivity index (χ3n) is 4.40. The zero-order valence-electron chi connectivity index (χ0n) is 13.9. The van der Waals surface area contributed by atoms with E-state index in [0.29, 0.717) is 18.5 Å². The maximum atomic E-state index is 13.9. The van der Waals surface area contributed by atoms with Gasteiger partial charge in [0.2, 0.25) is 15.9 Å². The lowest BCUT2D eigenvalue weighted by atomic mass is 9.97. The average Bonchev–Trinajstić information content (AvgIpc) is 2.64. The molecule has 5 nitrogen and oxygen atoms in total. The molecule has 1 saturated heterocycles. The van der Waals surface area contributed by atoms with Gasteiger partial charge in [-0.2, -0.15) is 4.31 Å². The van der Waals surface area contributed by atoms with E-state index in [1.54, 1.807) is 24.3 Å². The molecule has 1 amide bonds. The van der Waals surface area contributed by atoms with E-state index in [1.165, 1.54) is 0 Å². The molecule has 3 rings (SSSR count). The van der Waals surface area contributed by atoms with Gasteiger partial charge < -0.3 is 5.32 Å². The minimum Gasteiger partial charge on any atom is -0.326 e. The van der Waals surface area contributed by atoms with Crippen LogP contribution in [0, 0.1) is 17.6 Å². The quantitative estimate of drug-likeness (QED) is 0.887. The van der Waals surface area contributed by atoms with E-state index in [9.17, 15) is 22.0 Å². The first-order valence-electron chi connectivity index (χ1n) is 8.19. The summed E-state index contributed by atoms with van der Waals surface area (Å²) in [5.41, 5.74) is 0.675. The molecule has 0 unspecified atom stereocenters. The molecule has 0 bridgehead atoms. The lowest BCUT2D eigenvalue weighted by Gasteiger charge is -2.30. The third kappa shape index (κ3) is 3.76. The number of piperidine rings is 1. The third-order valence-corrected chi connectivity index (χ3v) is 6.32. The zero-order chi connectivity index (χ0) is 18.7. The van der Waals surface area contributed by atoms with Gasteiger partial charge in [-0.1, -0.05) is 24.3 Å². The van der Waals surface area contributed by atoms with Gasteiger partial charge in [-0.3, -0.25) is 4.79 Å². The molecule has 1 fully saturated rings. The Balaban J connectivity index is 1.66. The molecule has 138 valence electrons. The maximum Gasteiger partial charge on any atom is 0.246 e. The highest BCUT2D eigenvalue weighted by Gasteiger charge is 2.34. The van der Waals surface area contributed by atoms with Gasteiger partial charge in [-0.05, 0) is 37.1 Å². The van der Waals surface area contributed by atoms with Crippen LogP contribution in [0.4, 0.5) is 14.5 Å². The highest BCUT2D eigenvalue weighted by molar-refractivity contribution is 7.89. The van der Waals surface area contributed by atoms with Crippen molar-refractivity contribution in [1.82, 2.24) is 4.31 Å². The minimum absolute atomic E-state index is 0.0746. The van der Waals surface area contributed by atoms with Crippen molar-refractivity contribution in [2.45, 2.75) is 17.7 Å². The molecular weight excluding hydrogens is 362 g/mol. The predicted octanol–water partition coefficient (Wildman–Crippen LogP) is 3.00. The summed E-state index contributed by atoms with van der Waals surface area (Å²) >= 11 is 0. The molecule has 0 saturated carbocycles. The highest BCUT2D eigenvalue weighted by atomic mass is 32.2. The Labute approximate surface area is 150 Å². The number of benzene rings is 2. The van der Waals surface area contributed by atoms with Gasteiger partial charge in [0.25, 0.3) is 0 Å². The minimum atomic E-state index is -4.14. The number of nitrogens with one attached hydrogen (secondary N) is 1. The number of carbonyl (C=O) groups excluding carboxylic acids is 1. The summed E-state index contributed by atoms with van der Waals surface area (Å²) in [5.74, 6) is -3.09. The summed E-state index contributed by atoms with van der Waals surface area (Å²) in [7, 11) is -4.14. The number of amides is 1. The summed E-state index contributed by atoms with van der Waals surface area (Å²) in [6.07, 6.45) is 0.629. The summed E-state index contributed by atoms with van der Waals surface area (Å²) < 4.78 is 53.4. The Morgan fingerprint density at radius 3 is 2.31 bits per heavy atom. The molecule has 1 heterocycles. The fourth-order valence-electron chi connectivity index (χ4n) is 2.95. The van der Waals surface area contributed by atoms with Crippen LogP contribution < -0.4 is 5.32 Å². The Kier molecular flexibility index (Phi) is 5.33. The number of carbonyl (C=O) groups is 1. The van der Waals surface area contributed by atoms with Gasteiger partial charge >= 0.3 is 0 Å². The van der Waals surface area contributed by atoms with E-state index in [4.69, 9.17) is 0 Å². The van der Waals surface area contributed by atoms with Crippen LogP contribution in [0.15, 0.2) is 53.4 Å². The van der Waals surface area contributed by atoms with Gasteiger partial charge in [0.05, 0.1) is 0 Å². The summed E-state index contributed by atoms with van der Waals surface area (Å²) in [6, 6.07) is 12.1. The lowest BCUT2D eigenvalue weighted by molar-refractivity contribution is -0.120.